The van der Waals surface area contributed by atoms with Crippen molar-refractivity contribution < 1.29 is 4.42 Å². The van der Waals surface area contributed by atoms with Crippen molar-refractivity contribution in [2.75, 3.05) is 31.1 Å². The van der Waals surface area contributed by atoms with Gasteiger partial charge >= 0.3 is 0 Å². The molecule has 2 fully saturated rings. The fourth-order valence-corrected chi connectivity index (χ4v) is 3.63. The zero-order valence-electron chi connectivity index (χ0n) is 12.4. The number of nitrogens with zero attached hydrogens (tertiary/aromatic N) is 4. The molecule has 22 heavy (non-hydrogen) atoms. The average Bonchev–Trinajstić information content (AvgIpc) is 3.16. The van der Waals surface area contributed by atoms with E-state index in [1.807, 2.05) is 24.5 Å². The normalized spacial score (nSPS) is 20.0. The van der Waals surface area contributed by atoms with E-state index in [1.54, 1.807) is 12.5 Å². The van der Waals surface area contributed by atoms with Crippen LogP contribution >= 0.6 is 0 Å². The molecule has 2 aliphatic heterocycles. The summed E-state index contributed by atoms with van der Waals surface area (Å²) in [5, 5.41) is 8.82. The summed E-state index contributed by atoms with van der Waals surface area (Å²) < 4.78 is 5.14. The third-order valence-corrected chi connectivity index (χ3v) is 4.76. The van der Waals surface area contributed by atoms with Crippen LogP contribution in [0.1, 0.15) is 17.5 Å². The van der Waals surface area contributed by atoms with Gasteiger partial charge in [0.15, 0.2) is 0 Å². The monoisotopic (exact) mass is 294 g/mol. The molecule has 0 radical (unpaired) electrons. The maximum Gasteiger partial charge on any atom is 0.128 e. The fourth-order valence-electron chi connectivity index (χ4n) is 3.63. The quantitative estimate of drug-likeness (QED) is 0.869. The van der Waals surface area contributed by atoms with Crippen LogP contribution in [0.3, 0.4) is 0 Å². The number of hydrogen-bond acceptors (Lipinski definition) is 5. The van der Waals surface area contributed by atoms with Crippen molar-refractivity contribution in [3.05, 3.63) is 48.0 Å². The van der Waals surface area contributed by atoms with E-state index < -0.39 is 0 Å². The van der Waals surface area contributed by atoms with Crippen molar-refractivity contribution in [3.8, 4) is 6.07 Å². The average molecular weight is 294 g/mol. The van der Waals surface area contributed by atoms with Gasteiger partial charge in [0, 0.05) is 43.4 Å². The van der Waals surface area contributed by atoms with Crippen molar-refractivity contribution >= 4 is 5.82 Å². The number of aromatic nitrogens is 1. The SMILES string of the molecule is N#Cc1ccc(N2CC3(CCN(Cc4ccoc4)C3)C2)nc1. The van der Waals surface area contributed by atoms with Crippen LogP contribution in [0.5, 0.6) is 0 Å². The van der Waals surface area contributed by atoms with Gasteiger partial charge in [0.1, 0.15) is 11.9 Å². The van der Waals surface area contributed by atoms with E-state index >= 15 is 0 Å². The molecule has 2 aromatic rings. The van der Waals surface area contributed by atoms with Crippen LogP contribution in [0.25, 0.3) is 0 Å². The van der Waals surface area contributed by atoms with Gasteiger partial charge < -0.3 is 9.32 Å². The molecule has 4 rings (SSSR count). The third-order valence-electron chi connectivity index (χ3n) is 4.76. The number of nitriles is 1. The number of furan rings is 1. The fraction of sp³-hybridized carbons (Fsp3) is 0.412. The summed E-state index contributed by atoms with van der Waals surface area (Å²) in [7, 11) is 0. The van der Waals surface area contributed by atoms with Gasteiger partial charge in [-0.15, -0.1) is 0 Å². The van der Waals surface area contributed by atoms with Crippen molar-refractivity contribution in [2.45, 2.75) is 13.0 Å². The zero-order valence-corrected chi connectivity index (χ0v) is 12.4. The molecule has 5 nitrogen and oxygen atoms in total. The largest absolute Gasteiger partial charge is 0.472 e. The first-order valence-electron chi connectivity index (χ1n) is 7.61. The van der Waals surface area contributed by atoms with Gasteiger partial charge in [0.05, 0.1) is 18.1 Å². The van der Waals surface area contributed by atoms with E-state index in [4.69, 9.17) is 9.68 Å². The number of pyridine rings is 1. The Morgan fingerprint density at radius 1 is 1.27 bits per heavy atom. The molecule has 0 aliphatic carbocycles. The van der Waals surface area contributed by atoms with Crippen molar-refractivity contribution in [1.82, 2.24) is 9.88 Å². The molecule has 0 aromatic carbocycles. The molecule has 0 bridgehead atoms. The molecule has 2 aliphatic rings. The lowest BCUT2D eigenvalue weighted by Gasteiger charge is -2.48. The Hall–Kier alpha value is -2.32. The van der Waals surface area contributed by atoms with Crippen LogP contribution in [0, 0.1) is 16.7 Å². The lowest BCUT2D eigenvalue weighted by Crippen LogP contribution is -2.58. The molecule has 0 amide bonds. The molecular formula is C17H18N4O. The Morgan fingerprint density at radius 3 is 2.86 bits per heavy atom. The van der Waals surface area contributed by atoms with E-state index in [2.05, 4.69) is 20.9 Å². The van der Waals surface area contributed by atoms with Crippen molar-refractivity contribution in [3.63, 3.8) is 0 Å². The maximum atomic E-state index is 8.82. The first-order chi connectivity index (χ1) is 10.8. The number of likely N-dealkylation sites (tertiary alicyclic amines) is 1. The van der Waals surface area contributed by atoms with Crippen LogP contribution in [0.15, 0.2) is 41.3 Å². The highest BCUT2D eigenvalue weighted by molar-refractivity contribution is 5.45. The second kappa shape index (κ2) is 5.15. The zero-order chi connectivity index (χ0) is 15.0. The van der Waals surface area contributed by atoms with Crippen LogP contribution < -0.4 is 4.90 Å². The molecule has 5 heteroatoms. The lowest BCUT2D eigenvalue weighted by molar-refractivity contribution is 0.201. The summed E-state index contributed by atoms with van der Waals surface area (Å²) in [5.74, 6) is 0.984. The van der Waals surface area contributed by atoms with Crippen molar-refractivity contribution in [2.24, 2.45) is 5.41 Å². The van der Waals surface area contributed by atoms with Crippen LogP contribution in [-0.2, 0) is 6.54 Å². The highest BCUT2D eigenvalue weighted by Gasteiger charge is 2.47. The molecule has 2 saturated heterocycles. The van der Waals surface area contributed by atoms with Gasteiger partial charge in [0.2, 0.25) is 0 Å². The van der Waals surface area contributed by atoms with Gasteiger partial charge in [-0.2, -0.15) is 5.26 Å². The van der Waals surface area contributed by atoms with Crippen molar-refractivity contribution in [1.29, 1.82) is 5.26 Å². The van der Waals surface area contributed by atoms with E-state index in [0.717, 1.165) is 38.5 Å². The van der Waals surface area contributed by atoms with Gasteiger partial charge in [-0.25, -0.2) is 4.98 Å². The molecule has 0 saturated carbocycles. The second-order valence-electron chi connectivity index (χ2n) is 6.47. The predicted molar refractivity (Wildman–Crippen MR) is 82.2 cm³/mol. The molecular weight excluding hydrogens is 276 g/mol. The Balaban J connectivity index is 1.35. The minimum absolute atomic E-state index is 0.416. The van der Waals surface area contributed by atoms with Gasteiger partial charge in [-0.05, 0) is 31.2 Å². The van der Waals surface area contributed by atoms with Gasteiger partial charge in [-0.1, -0.05) is 0 Å². The summed E-state index contributed by atoms with van der Waals surface area (Å²) >= 11 is 0. The minimum Gasteiger partial charge on any atom is -0.472 e. The summed E-state index contributed by atoms with van der Waals surface area (Å²) in [6.07, 6.45) is 6.47. The molecule has 1 spiro atoms. The molecule has 4 heterocycles. The number of hydrogen-bond donors (Lipinski definition) is 0. The van der Waals surface area contributed by atoms with Gasteiger partial charge in [0.25, 0.3) is 0 Å². The Bertz CT molecular complexity index is 680. The molecule has 112 valence electrons. The first-order valence-corrected chi connectivity index (χ1v) is 7.61. The molecule has 0 atom stereocenters. The standard InChI is InChI=1S/C17H18N4O/c18-7-14-1-2-16(19-8-14)21-12-17(13-21)4-5-20(11-17)9-15-3-6-22-10-15/h1-3,6,8,10H,4-5,9,11-13H2. The number of rotatable bonds is 3. The Labute approximate surface area is 129 Å². The highest BCUT2D eigenvalue weighted by atomic mass is 16.3. The van der Waals surface area contributed by atoms with E-state index in [0.29, 0.717) is 11.0 Å². The van der Waals surface area contributed by atoms with Gasteiger partial charge in [-0.3, -0.25) is 4.90 Å². The van der Waals surface area contributed by atoms with E-state index in [9.17, 15) is 0 Å². The topological polar surface area (TPSA) is 56.3 Å². The van der Waals surface area contributed by atoms with Crippen LogP contribution in [-0.4, -0.2) is 36.1 Å². The first kappa shape index (κ1) is 13.4. The molecule has 0 N–H and O–H groups in total. The Kier molecular flexibility index (Phi) is 3.12. The lowest BCUT2D eigenvalue weighted by atomic mass is 9.79. The van der Waals surface area contributed by atoms with Crippen LogP contribution in [0.2, 0.25) is 0 Å². The number of anilines is 1. The Morgan fingerprint density at radius 2 is 2.18 bits per heavy atom. The van der Waals surface area contributed by atoms with E-state index in [1.165, 1.54) is 12.0 Å². The summed E-state index contributed by atoms with van der Waals surface area (Å²) in [6.45, 7) is 5.40. The predicted octanol–water partition coefficient (Wildman–Crippen LogP) is 2.26. The maximum absolute atomic E-state index is 8.82. The second-order valence-corrected chi connectivity index (χ2v) is 6.47. The summed E-state index contributed by atoms with van der Waals surface area (Å²) in [4.78, 5) is 9.20. The summed E-state index contributed by atoms with van der Waals surface area (Å²) in [6, 6.07) is 7.94. The smallest absolute Gasteiger partial charge is 0.128 e. The highest BCUT2D eigenvalue weighted by Crippen LogP contribution is 2.41. The van der Waals surface area contributed by atoms with E-state index in [-0.39, 0.29) is 0 Å². The molecule has 0 unspecified atom stereocenters. The van der Waals surface area contributed by atoms with Crippen LogP contribution in [0.4, 0.5) is 5.82 Å². The molecule has 2 aromatic heterocycles. The summed E-state index contributed by atoms with van der Waals surface area (Å²) in [5.41, 5.74) is 2.28. The third kappa shape index (κ3) is 2.36. The minimum atomic E-state index is 0.416.